The van der Waals surface area contributed by atoms with E-state index in [-0.39, 0.29) is 11.9 Å². The first-order chi connectivity index (χ1) is 10.5. The molecule has 112 valence electrons. The summed E-state index contributed by atoms with van der Waals surface area (Å²) < 4.78 is 5.68. The molecule has 1 amide bonds. The second-order valence-electron chi connectivity index (χ2n) is 5.35. The molecule has 0 aliphatic rings. The van der Waals surface area contributed by atoms with Crippen molar-refractivity contribution in [1.29, 1.82) is 0 Å². The number of aryl methyl sites for hydroxylation is 1. The summed E-state index contributed by atoms with van der Waals surface area (Å²) in [5.74, 6) is 0.100. The van der Waals surface area contributed by atoms with Gasteiger partial charge in [-0.25, -0.2) is 0 Å². The van der Waals surface area contributed by atoms with E-state index in [2.05, 4.69) is 5.32 Å². The minimum Gasteiger partial charge on any atom is -0.451 e. The maximum absolute atomic E-state index is 12.3. The molecule has 3 nitrogen and oxygen atoms in total. The number of nitrogens with one attached hydrogen (secondary N) is 1. The SMILES string of the molecule is Cc1cccc2cc(C(=O)N[C@@H](C)c3ccc(Cl)cc3)oc12. The summed E-state index contributed by atoms with van der Waals surface area (Å²) in [5.41, 5.74) is 2.76. The van der Waals surface area contributed by atoms with Gasteiger partial charge in [0.15, 0.2) is 5.76 Å². The van der Waals surface area contributed by atoms with Gasteiger partial charge in [0.25, 0.3) is 5.91 Å². The maximum Gasteiger partial charge on any atom is 0.287 e. The van der Waals surface area contributed by atoms with Gasteiger partial charge in [-0.1, -0.05) is 41.9 Å². The third-order valence-electron chi connectivity index (χ3n) is 3.68. The molecule has 22 heavy (non-hydrogen) atoms. The van der Waals surface area contributed by atoms with Crippen molar-refractivity contribution in [3.8, 4) is 0 Å². The molecule has 0 aliphatic heterocycles. The fourth-order valence-electron chi connectivity index (χ4n) is 2.42. The molecule has 4 heteroatoms. The number of carbonyl (C=O) groups is 1. The molecule has 0 radical (unpaired) electrons. The van der Waals surface area contributed by atoms with Crippen LogP contribution in [0.25, 0.3) is 11.0 Å². The van der Waals surface area contributed by atoms with Crippen LogP contribution in [0.5, 0.6) is 0 Å². The standard InChI is InChI=1S/C18H16ClNO2/c1-11-4-3-5-14-10-16(22-17(11)14)18(21)20-12(2)13-6-8-15(19)9-7-13/h3-10,12H,1-2H3,(H,20,21)/t12-/m0/s1. The van der Waals surface area contributed by atoms with Gasteiger partial charge < -0.3 is 9.73 Å². The van der Waals surface area contributed by atoms with Crippen LogP contribution in [0.3, 0.4) is 0 Å². The number of hydrogen-bond donors (Lipinski definition) is 1. The monoisotopic (exact) mass is 313 g/mol. The van der Waals surface area contributed by atoms with Crippen molar-refractivity contribution in [1.82, 2.24) is 5.32 Å². The Morgan fingerprint density at radius 2 is 1.91 bits per heavy atom. The first kappa shape index (κ1) is 14.7. The van der Waals surface area contributed by atoms with Gasteiger partial charge in [-0.15, -0.1) is 0 Å². The number of rotatable bonds is 3. The van der Waals surface area contributed by atoms with Crippen LogP contribution in [-0.2, 0) is 0 Å². The Balaban J connectivity index is 1.80. The van der Waals surface area contributed by atoms with E-state index in [0.717, 1.165) is 22.1 Å². The molecule has 1 heterocycles. The first-order valence-electron chi connectivity index (χ1n) is 7.10. The minimum absolute atomic E-state index is 0.126. The lowest BCUT2D eigenvalue weighted by molar-refractivity contribution is 0.0914. The van der Waals surface area contributed by atoms with Gasteiger partial charge >= 0.3 is 0 Å². The molecule has 2 aromatic carbocycles. The van der Waals surface area contributed by atoms with Crippen molar-refractivity contribution in [2.45, 2.75) is 19.9 Å². The molecule has 0 saturated carbocycles. The highest BCUT2D eigenvalue weighted by atomic mass is 35.5. The van der Waals surface area contributed by atoms with E-state index >= 15 is 0 Å². The fraction of sp³-hybridized carbons (Fsp3) is 0.167. The summed E-state index contributed by atoms with van der Waals surface area (Å²) in [6, 6.07) is 14.9. The van der Waals surface area contributed by atoms with Crippen molar-refractivity contribution in [3.05, 3.63) is 70.4 Å². The Morgan fingerprint density at radius 3 is 2.59 bits per heavy atom. The third kappa shape index (κ3) is 2.85. The number of carbonyl (C=O) groups excluding carboxylic acids is 1. The van der Waals surface area contributed by atoms with Crippen LogP contribution in [0.1, 0.15) is 34.6 Å². The van der Waals surface area contributed by atoms with Crippen molar-refractivity contribution in [2.24, 2.45) is 0 Å². The normalized spacial score (nSPS) is 12.3. The Hall–Kier alpha value is -2.26. The van der Waals surface area contributed by atoms with Gasteiger partial charge in [0.05, 0.1) is 6.04 Å². The molecule has 0 bridgehead atoms. The summed E-state index contributed by atoms with van der Waals surface area (Å²) in [6.07, 6.45) is 0. The summed E-state index contributed by atoms with van der Waals surface area (Å²) in [4.78, 5) is 12.3. The number of benzene rings is 2. The van der Waals surface area contributed by atoms with E-state index < -0.39 is 0 Å². The van der Waals surface area contributed by atoms with Gasteiger partial charge in [0.1, 0.15) is 5.58 Å². The number of furan rings is 1. The van der Waals surface area contributed by atoms with Crippen molar-refractivity contribution >= 4 is 28.5 Å². The van der Waals surface area contributed by atoms with Crippen molar-refractivity contribution in [2.75, 3.05) is 0 Å². The van der Waals surface area contributed by atoms with Gasteiger partial charge in [0.2, 0.25) is 0 Å². The second kappa shape index (κ2) is 5.85. The van der Waals surface area contributed by atoms with Crippen LogP contribution in [0, 0.1) is 6.92 Å². The summed E-state index contributed by atoms with van der Waals surface area (Å²) in [6.45, 7) is 3.89. The fourth-order valence-corrected chi connectivity index (χ4v) is 2.55. The van der Waals surface area contributed by atoms with E-state index in [1.807, 2.05) is 56.3 Å². The number of amides is 1. The van der Waals surface area contributed by atoms with Gasteiger partial charge in [-0.3, -0.25) is 4.79 Å². The van der Waals surface area contributed by atoms with E-state index in [1.165, 1.54) is 0 Å². The van der Waals surface area contributed by atoms with E-state index in [0.29, 0.717) is 10.8 Å². The maximum atomic E-state index is 12.3. The number of fused-ring (bicyclic) bond motifs is 1. The lowest BCUT2D eigenvalue weighted by Gasteiger charge is -2.13. The lowest BCUT2D eigenvalue weighted by atomic mass is 10.1. The predicted octanol–water partition coefficient (Wildman–Crippen LogP) is 4.89. The van der Waals surface area contributed by atoms with Crippen LogP contribution < -0.4 is 5.32 Å². The van der Waals surface area contributed by atoms with Crippen LogP contribution >= 0.6 is 11.6 Å². The minimum atomic E-state index is -0.224. The van der Waals surface area contributed by atoms with Crippen LogP contribution in [0.2, 0.25) is 5.02 Å². The Bertz CT molecular complexity index is 821. The first-order valence-corrected chi connectivity index (χ1v) is 7.48. The summed E-state index contributed by atoms with van der Waals surface area (Å²) in [5, 5.41) is 4.55. The van der Waals surface area contributed by atoms with Crippen LogP contribution in [0.15, 0.2) is 52.9 Å². The zero-order valence-electron chi connectivity index (χ0n) is 12.4. The lowest BCUT2D eigenvalue weighted by Crippen LogP contribution is -2.26. The Morgan fingerprint density at radius 1 is 1.18 bits per heavy atom. The zero-order chi connectivity index (χ0) is 15.7. The van der Waals surface area contributed by atoms with Gasteiger partial charge in [-0.2, -0.15) is 0 Å². The molecular formula is C18H16ClNO2. The smallest absolute Gasteiger partial charge is 0.287 e. The molecule has 0 unspecified atom stereocenters. The Kier molecular flexibility index (Phi) is 3.90. The number of halogens is 1. The third-order valence-corrected chi connectivity index (χ3v) is 3.93. The van der Waals surface area contributed by atoms with Gasteiger partial charge in [0, 0.05) is 10.4 Å². The quantitative estimate of drug-likeness (QED) is 0.748. The number of para-hydroxylation sites is 1. The van der Waals surface area contributed by atoms with E-state index in [9.17, 15) is 4.79 Å². The molecule has 0 saturated heterocycles. The highest BCUT2D eigenvalue weighted by molar-refractivity contribution is 6.30. The Labute approximate surface area is 133 Å². The largest absolute Gasteiger partial charge is 0.451 e. The molecule has 1 atom stereocenters. The second-order valence-corrected chi connectivity index (χ2v) is 5.79. The molecule has 1 N–H and O–H groups in total. The average molecular weight is 314 g/mol. The van der Waals surface area contributed by atoms with E-state index in [4.69, 9.17) is 16.0 Å². The molecule has 0 spiro atoms. The highest BCUT2D eigenvalue weighted by Gasteiger charge is 2.16. The summed E-state index contributed by atoms with van der Waals surface area (Å²) >= 11 is 5.88. The highest BCUT2D eigenvalue weighted by Crippen LogP contribution is 2.23. The molecule has 0 fully saturated rings. The van der Waals surface area contributed by atoms with Gasteiger partial charge in [-0.05, 0) is 43.2 Å². The topological polar surface area (TPSA) is 42.2 Å². The van der Waals surface area contributed by atoms with E-state index in [1.54, 1.807) is 6.07 Å². The average Bonchev–Trinajstić information content (AvgIpc) is 2.93. The van der Waals surface area contributed by atoms with Crippen LogP contribution in [-0.4, -0.2) is 5.91 Å². The molecule has 3 rings (SSSR count). The number of hydrogen-bond acceptors (Lipinski definition) is 2. The predicted molar refractivity (Wildman–Crippen MR) is 88.3 cm³/mol. The van der Waals surface area contributed by atoms with Crippen molar-refractivity contribution < 1.29 is 9.21 Å². The summed E-state index contributed by atoms with van der Waals surface area (Å²) in [7, 11) is 0. The molecule has 1 aromatic heterocycles. The molecule has 0 aliphatic carbocycles. The molecule has 3 aromatic rings. The van der Waals surface area contributed by atoms with Crippen LogP contribution in [0.4, 0.5) is 0 Å². The zero-order valence-corrected chi connectivity index (χ0v) is 13.1. The van der Waals surface area contributed by atoms with Crippen molar-refractivity contribution in [3.63, 3.8) is 0 Å². The molecular weight excluding hydrogens is 298 g/mol.